The van der Waals surface area contributed by atoms with Crippen molar-refractivity contribution in [3.05, 3.63) is 45.6 Å². The van der Waals surface area contributed by atoms with Crippen molar-refractivity contribution < 1.29 is 9.53 Å². The maximum atomic E-state index is 12.3. The fourth-order valence-corrected chi connectivity index (χ4v) is 3.92. The molecule has 3 aromatic rings. The minimum atomic E-state index is -0.186. The van der Waals surface area contributed by atoms with Gasteiger partial charge in [-0.3, -0.25) is 14.2 Å². The van der Waals surface area contributed by atoms with Gasteiger partial charge in [-0.15, -0.1) is 11.3 Å². The Morgan fingerprint density at radius 1 is 1.40 bits per heavy atom. The number of hydrogen-bond acceptors (Lipinski definition) is 6. The molecule has 0 aliphatic rings. The summed E-state index contributed by atoms with van der Waals surface area (Å²) in [4.78, 5) is 29.7. The summed E-state index contributed by atoms with van der Waals surface area (Å²) in [5, 5.41) is 5.80. The fraction of sp³-hybridized carbons (Fsp3) is 0.235. The number of carbonyl (C=O) groups is 1. The average molecular weight is 375 g/mol. The number of amides is 1. The van der Waals surface area contributed by atoms with Gasteiger partial charge >= 0.3 is 0 Å². The number of fused-ring (bicyclic) bond motifs is 1. The Bertz CT molecular complexity index is 994. The number of methoxy groups -OCH3 is 1. The summed E-state index contributed by atoms with van der Waals surface area (Å²) in [6, 6.07) is 7.35. The van der Waals surface area contributed by atoms with Gasteiger partial charge in [-0.05, 0) is 36.1 Å². The summed E-state index contributed by atoms with van der Waals surface area (Å²) in [5.74, 6) is 0.567. The number of nitrogens with zero attached hydrogens (tertiary/aromatic N) is 2. The van der Waals surface area contributed by atoms with E-state index in [0.717, 1.165) is 5.56 Å². The Balaban J connectivity index is 1.74. The molecular formula is C17H17N3O3S2. The Hall–Kier alpha value is -2.32. The topological polar surface area (TPSA) is 73.2 Å². The number of ether oxygens (including phenoxy) is 1. The molecule has 3 rings (SSSR count). The van der Waals surface area contributed by atoms with Gasteiger partial charge < -0.3 is 10.1 Å². The van der Waals surface area contributed by atoms with E-state index in [9.17, 15) is 9.59 Å². The zero-order valence-corrected chi connectivity index (χ0v) is 15.7. The molecular weight excluding hydrogens is 358 g/mol. The maximum absolute atomic E-state index is 12.3. The first kappa shape index (κ1) is 17.5. The highest BCUT2D eigenvalue weighted by Gasteiger charge is 2.13. The van der Waals surface area contributed by atoms with Crippen LogP contribution in [0.25, 0.3) is 10.2 Å². The molecule has 25 heavy (non-hydrogen) atoms. The van der Waals surface area contributed by atoms with Crippen LogP contribution in [0.3, 0.4) is 0 Å². The van der Waals surface area contributed by atoms with Crippen LogP contribution in [0.15, 0.2) is 39.6 Å². The minimum Gasteiger partial charge on any atom is -0.495 e. The van der Waals surface area contributed by atoms with E-state index in [2.05, 4.69) is 10.3 Å². The molecule has 0 aliphatic heterocycles. The lowest BCUT2D eigenvalue weighted by Gasteiger charge is -2.11. The molecule has 0 atom stereocenters. The number of aryl methyl sites for hydroxylation is 1. The third-order valence-corrected chi connectivity index (χ3v) is 5.46. The number of thiophene rings is 1. The van der Waals surface area contributed by atoms with Gasteiger partial charge in [0.1, 0.15) is 10.6 Å². The Labute approximate surface area is 152 Å². The van der Waals surface area contributed by atoms with Gasteiger partial charge in [-0.1, -0.05) is 17.8 Å². The number of thioether (sulfide) groups is 1. The molecule has 0 bridgehead atoms. The molecule has 0 saturated heterocycles. The van der Waals surface area contributed by atoms with E-state index < -0.39 is 0 Å². The fourth-order valence-electron chi connectivity index (χ4n) is 2.35. The lowest BCUT2D eigenvalue weighted by Crippen LogP contribution is -2.21. The van der Waals surface area contributed by atoms with Crippen molar-refractivity contribution >= 4 is 44.9 Å². The molecule has 1 aromatic carbocycles. The van der Waals surface area contributed by atoms with Crippen LogP contribution < -0.4 is 15.6 Å². The zero-order valence-electron chi connectivity index (χ0n) is 14.0. The number of aromatic nitrogens is 2. The Morgan fingerprint density at radius 2 is 2.20 bits per heavy atom. The quantitative estimate of drug-likeness (QED) is 0.548. The Kier molecular flexibility index (Phi) is 5.10. The zero-order chi connectivity index (χ0) is 18.0. The number of benzene rings is 1. The molecule has 8 heteroatoms. The van der Waals surface area contributed by atoms with Crippen LogP contribution in [0.4, 0.5) is 5.69 Å². The number of carbonyl (C=O) groups excluding carboxylic acids is 1. The molecule has 0 unspecified atom stereocenters. The molecule has 130 valence electrons. The second kappa shape index (κ2) is 7.28. The summed E-state index contributed by atoms with van der Waals surface area (Å²) in [5.41, 5.74) is 1.55. The smallest absolute Gasteiger partial charge is 0.262 e. The molecule has 0 saturated carbocycles. The summed E-state index contributed by atoms with van der Waals surface area (Å²) < 4.78 is 6.73. The number of nitrogens with one attached hydrogen (secondary N) is 1. The molecule has 2 heterocycles. The van der Waals surface area contributed by atoms with Crippen molar-refractivity contribution in [1.29, 1.82) is 0 Å². The van der Waals surface area contributed by atoms with Crippen LogP contribution in [0.1, 0.15) is 5.56 Å². The predicted molar refractivity (Wildman–Crippen MR) is 102 cm³/mol. The van der Waals surface area contributed by atoms with Crippen molar-refractivity contribution in [1.82, 2.24) is 9.55 Å². The van der Waals surface area contributed by atoms with Crippen molar-refractivity contribution in [2.24, 2.45) is 7.05 Å². The highest BCUT2D eigenvalue weighted by molar-refractivity contribution is 7.99. The SMILES string of the molecule is COc1ccc(C)cc1NC(=O)CSc1nc2sccc2c(=O)n1C. The van der Waals surface area contributed by atoms with E-state index in [0.29, 0.717) is 26.8 Å². The van der Waals surface area contributed by atoms with Gasteiger partial charge in [0.05, 0.1) is 23.9 Å². The van der Waals surface area contributed by atoms with Crippen LogP contribution in [-0.4, -0.2) is 28.3 Å². The number of anilines is 1. The van der Waals surface area contributed by atoms with Crippen LogP contribution in [0.5, 0.6) is 5.75 Å². The van der Waals surface area contributed by atoms with Crippen molar-refractivity contribution in [3.63, 3.8) is 0 Å². The summed E-state index contributed by atoms with van der Waals surface area (Å²) in [6.07, 6.45) is 0. The van der Waals surface area contributed by atoms with E-state index in [1.54, 1.807) is 20.2 Å². The van der Waals surface area contributed by atoms with Gasteiger partial charge in [0.15, 0.2) is 5.16 Å². The summed E-state index contributed by atoms with van der Waals surface area (Å²) in [7, 11) is 3.22. The van der Waals surface area contributed by atoms with Gasteiger partial charge in [0, 0.05) is 7.05 Å². The highest BCUT2D eigenvalue weighted by atomic mass is 32.2. The van der Waals surface area contributed by atoms with Crippen LogP contribution in [-0.2, 0) is 11.8 Å². The number of hydrogen-bond donors (Lipinski definition) is 1. The molecule has 0 aliphatic carbocycles. The predicted octanol–water partition coefficient (Wildman–Crippen LogP) is 3.04. The number of rotatable bonds is 5. The molecule has 0 spiro atoms. The van der Waals surface area contributed by atoms with Crippen molar-refractivity contribution in [2.45, 2.75) is 12.1 Å². The molecule has 0 radical (unpaired) electrons. The van der Waals surface area contributed by atoms with E-state index in [1.807, 2.05) is 30.5 Å². The lowest BCUT2D eigenvalue weighted by atomic mass is 10.2. The molecule has 6 nitrogen and oxygen atoms in total. The molecule has 1 N–H and O–H groups in total. The first-order chi connectivity index (χ1) is 12.0. The summed E-state index contributed by atoms with van der Waals surface area (Å²) >= 11 is 2.64. The van der Waals surface area contributed by atoms with E-state index in [-0.39, 0.29) is 17.2 Å². The monoisotopic (exact) mass is 375 g/mol. The molecule has 0 fully saturated rings. The first-order valence-electron chi connectivity index (χ1n) is 7.51. The van der Waals surface area contributed by atoms with Crippen molar-refractivity contribution in [2.75, 3.05) is 18.2 Å². The highest BCUT2D eigenvalue weighted by Crippen LogP contribution is 2.26. The second-order valence-corrected chi connectivity index (χ2v) is 7.28. The molecule has 2 aromatic heterocycles. The minimum absolute atomic E-state index is 0.102. The molecule has 1 amide bonds. The normalized spacial score (nSPS) is 10.8. The van der Waals surface area contributed by atoms with Gasteiger partial charge in [0.25, 0.3) is 5.56 Å². The third kappa shape index (κ3) is 3.69. The van der Waals surface area contributed by atoms with Crippen LogP contribution >= 0.6 is 23.1 Å². The van der Waals surface area contributed by atoms with Crippen molar-refractivity contribution in [3.8, 4) is 5.75 Å². The van der Waals surface area contributed by atoms with Gasteiger partial charge in [0.2, 0.25) is 5.91 Å². The van der Waals surface area contributed by atoms with E-state index >= 15 is 0 Å². The summed E-state index contributed by atoms with van der Waals surface area (Å²) in [6.45, 7) is 1.94. The second-order valence-electron chi connectivity index (χ2n) is 5.44. The van der Waals surface area contributed by atoms with Crippen LogP contribution in [0, 0.1) is 6.92 Å². The Morgan fingerprint density at radius 3 is 2.96 bits per heavy atom. The van der Waals surface area contributed by atoms with Gasteiger partial charge in [-0.25, -0.2) is 4.98 Å². The average Bonchev–Trinajstić information content (AvgIpc) is 3.05. The third-order valence-electron chi connectivity index (χ3n) is 3.63. The van der Waals surface area contributed by atoms with Gasteiger partial charge in [-0.2, -0.15) is 0 Å². The van der Waals surface area contributed by atoms with Crippen LogP contribution in [0.2, 0.25) is 0 Å². The lowest BCUT2D eigenvalue weighted by molar-refractivity contribution is -0.113. The largest absolute Gasteiger partial charge is 0.495 e. The standard InChI is InChI=1S/C17H17N3O3S2/c1-10-4-5-13(23-3)12(8-10)18-14(21)9-25-17-19-15-11(6-7-24-15)16(22)20(17)2/h4-8H,9H2,1-3H3,(H,18,21). The first-order valence-corrected chi connectivity index (χ1v) is 9.37. The van der Waals surface area contributed by atoms with E-state index in [4.69, 9.17) is 4.74 Å². The maximum Gasteiger partial charge on any atom is 0.262 e. The van der Waals surface area contributed by atoms with E-state index in [1.165, 1.54) is 27.7 Å².